The van der Waals surface area contributed by atoms with Gasteiger partial charge in [-0.3, -0.25) is 4.90 Å². The van der Waals surface area contributed by atoms with Gasteiger partial charge in [-0.05, 0) is 13.0 Å². The summed E-state index contributed by atoms with van der Waals surface area (Å²) >= 11 is 0. The molecule has 1 aliphatic heterocycles. The van der Waals surface area contributed by atoms with Crippen molar-refractivity contribution in [1.82, 2.24) is 4.90 Å². The minimum atomic E-state index is 0.462. The molecule has 0 bridgehead atoms. The van der Waals surface area contributed by atoms with Gasteiger partial charge in [0.15, 0.2) is 0 Å². The third-order valence-corrected chi connectivity index (χ3v) is 2.13. The maximum Gasteiger partial charge on any atom is 0.0634 e. The Labute approximate surface area is 68.5 Å². The molecule has 3 heteroatoms. The Morgan fingerprint density at radius 1 is 1.64 bits per heavy atom. The van der Waals surface area contributed by atoms with Gasteiger partial charge in [-0.1, -0.05) is 6.92 Å². The van der Waals surface area contributed by atoms with Crippen molar-refractivity contribution in [1.29, 1.82) is 0 Å². The standard InChI is InChI=1S/C8H18N2O/c1-2-3-10-4-5-11-7-8(10)6-9/h8H,2-7,9H2,1H3/t8-/m1/s1. The van der Waals surface area contributed by atoms with Gasteiger partial charge >= 0.3 is 0 Å². The number of hydrogen-bond acceptors (Lipinski definition) is 3. The number of nitrogens with zero attached hydrogens (tertiary/aromatic N) is 1. The quantitative estimate of drug-likeness (QED) is 0.631. The van der Waals surface area contributed by atoms with E-state index < -0.39 is 0 Å². The summed E-state index contributed by atoms with van der Waals surface area (Å²) in [5.74, 6) is 0. The van der Waals surface area contributed by atoms with Gasteiger partial charge in [-0.2, -0.15) is 0 Å². The highest BCUT2D eigenvalue weighted by Crippen LogP contribution is 2.05. The fourth-order valence-corrected chi connectivity index (χ4v) is 1.49. The van der Waals surface area contributed by atoms with Gasteiger partial charge in [0.05, 0.1) is 13.2 Å². The predicted octanol–water partition coefficient (Wildman–Crippen LogP) is 0.0559. The Kier molecular flexibility index (Phi) is 3.83. The number of hydrogen-bond donors (Lipinski definition) is 1. The van der Waals surface area contributed by atoms with E-state index in [1.807, 2.05) is 0 Å². The van der Waals surface area contributed by atoms with Crippen molar-refractivity contribution in [2.24, 2.45) is 5.73 Å². The lowest BCUT2D eigenvalue weighted by Crippen LogP contribution is -2.49. The fraction of sp³-hybridized carbons (Fsp3) is 1.00. The minimum Gasteiger partial charge on any atom is -0.378 e. The summed E-state index contributed by atoms with van der Waals surface area (Å²) in [6, 6.07) is 0.462. The highest BCUT2D eigenvalue weighted by molar-refractivity contribution is 4.75. The largest absolute Gasteiger partial charge is 0.378 e. The van der Waals surface area contributed by atoms with Crippen molar-refractivity contribution in [2.45, 2.75) is 19.4 Å². The summed E-state index contributed by atoms with van der Waals surface area (Å²) < 4.78 is 5.33. The van der Waals surface area contributed by atoms with Crippen LogP contribution in [-0.2, 0) is 4.74 Å². The van der Waals surface area contributed by atoms with Gasteiger partial charge in [0, 0.05) is 19.1 Å². The maximum atomic E-state index is 5.60. The van der Waals surface area contributed by atoms with Crippen LogP contribution in [0.4, 0.5) is 0 Å². The summed E-state index contributed by atoms with van der Waals surface area (Å²) in [6.07, 6.45) is 1.20. The van der Waals surface area contributed by atoms with Crippen molar-refractivity contribution in [3.05, 3.63) is 0 Å². The Morgan fingerprint density at radius 3 is 3.09 bits per heavy atom. The normalized spacial score (nSPS) is 27.3. The van der Waals surface area contributed by atoms with Crippen LogP contribution in [0.15, 0.2) is 0 Å². The Bertz CT molecular complexity index is 106. The molecule has 0 aromatic carbocycles. The molecule has 0 saturated carbocycles. The second-order valence-electron chi connectivity index (χ2n) is 3.00. The lowest BCUT2D eigenvalue weighted by molar-refractivity contribution is -0.00364. The highest BCUT2D eigenvalue weighted by Gasteiger charge is 2.19. The third kappa shape index (κ3) is 2.43. The lowest BCUT2D eigenvalue weighted by Gasteiger charge is -2.34. The zero-order valence-corrected chi connectivity index (χ0v) is 7.25. The van der Waals surface area contributed by atoms with E-state index in [2.05, 4.69) is 11.8 Å². The molecule has 1 heterocycles. The number of morpholine rings is 1. The van der Waals surface area contributed by atoms with Crippen LogP contribution in [0.25, 0.3) is 0 Å². The highest BCUT2D eigenvalue weighted by atomic mass is 16.5. The fourth-order valence-electron chi connectivity index (χ4n) is 1.49. The van der Waals surface area contributed by atoms with E-state index in [-0.39, 0.29) is 0 Å². The van der Waals surface area contributed by atoms with E-state index in [0.717, 1.165) is 32.8 Å². The zero-order chi connectivity index (χ0) is 8.10. The molecule has 66 valence electrons. The SMILES string of the molecule is CCCN1CCOC[C@H]1CN. The van der Waals surface area contributed by atoms with Crippen LogP contribution in [-0.4, -0.2) is 43.8 Å². The number of nitrogens with two attached hydrogens (primary N) is 1. The van der Waals surface area contributed by atoms with Crippen molar-refractivity contribution in [3.8, 4) is 0 Å². The molecule has 11 heavy (non-hydrogen) atoms. The minimum absolute atomic E-state index is 0.462. The van der Waals surface area contributed by atoms with E-state index in [1.54, 1.807) is 0 Å². The average molecular weight is 158 g/mol. The second kappa shape index (κ2) is 4.70. The molecule has 2 N–H and O–H groups in total. The summed E-state index contributed by atoms with van der Waals surface area (Å²) in [5.41, 5.74) is 5.60. The van der Waals surface area contributed by atoms with Crippen LogP contribution >= 0.6 is 0 Å². The first-order valence-electron chi connectivity index (χ1n) is 4.40. The molecule has 1 aliphatic rings. The molecule has 0 aromatic rings. The van der Waals surface area contributed by atoms with Crippen LogP contribution in [0.2, 0.25) is 0 Å². The molecule has 1 rings (SSSR count). The molecule has 0 unspecified atom stereocenters. The molecule has 3 nitrogen and oxygen atoms in total. The monoisotopic (exact) mass is 158 g/mol. The third-order valence-electron chi connectivity index (χ3n) is 2.13. The summed E-state index contributed by atoms with van der Waals surface area (Å²) in [5, 5.41) is 0. The van der Waals surface area contributed by atoms with Crippen LogP contribution in [0.5, 0.6) is 0 Å². The number of ether oxygens (including phenoxy) is 1. The van der Waals surface area contributed by atoms with Gasteiger partial charge in [0.1, 0.15) is 0 Å². The van der Waals surface area contributed by atoms with Crippen molar-refractivity contribution >= 4 is 0 Å². The first-order valence-corrected chi connectivity index (χ1v) is 4.40. The molecule has 1 fully saturated rings. The van der Waals surface area contributed by atoms with Crippen LogP contribution < -0.4 is 5.73 Å². The molecular formula is C8H18N2O. The van der Waals surface area contributed by atoms with Gasteiger partial charge in [-0.15, -0.1) is 0 Å². The lowest BCUT2D eigenvalue weighted by atomic mass is 10.2. The van der Waals surface area contributed by atoms with Gasteiger partial charge in [0.2, 0.25) is 0 Å². The topological polar surface area (TPSA) is 38.5 Å². The van der Waals surface area contributed by atoms with E-state index >= 15 is 0 Å². The predicted molar refractivity (Wildman–Crippen MR) is 45.5 cm³/mol. The van der Waals surface area contributed by atoms with E-state index in [9.17, 15) is 0 Å². The average Bonchev–Trinajstić information content (AvgIpc) is 2.06. The molecule has 0 amide bonds. The van der Waals surface area contributed by atoms with E-state index in [1.165, 1.54) is 6.42 Å². The second-order valence-corrected chi connectivity index (χ2v) is 3.00. The Hall–Kier alpha value is -0.120. The van der Waals surface area contributed by atoms with Gasteiger partial charge < -0.3 is 10.5 Å². The molecule has 1 atom stereocenters. The molecule has 0 aromatic heterocycles. The summed E-state index contributed by atoms with van der Waals surface area (Å²) in [6.45, 7) is 6.82. The molecular weight excluding hydrogens is 140 g/mol. The number of rotatable bonds is 3. The van der Waals surface area contributed by atoms with E-state index in [4.69, 9.17) is 10.5 Å². The van der Waals surface area contributed by atoms with Crippen LogP contribution in [0.3, 0.4) is 0 Å². The molecule has 0 radical (unpaired) electrons. The Balaban J connectivity index is 2.31. The van der Waals surface area contributed by atoms with Crippen molar-refractivity contribution in [2.75, 3.05) is 32.8 Å². The zero-order valence-electron chi connectivity index (χ0n) is 7.25. The first kappa shape index (κ1) is 8.97. The van der Waals surface area contributed by atoms with Gasteiger partial charge in [-0.25, -0.2) is 0 Å². The molecule has 0 aliphatic carbocycles. The first-order chi connectivity index (χ1) is 5.38. The van der Waals surface area contributed by atoms with Crippen molar-refractivity contribution in [3.63, 3.8) is 0 Å². The molecule has 1 saturated heterocycles. The van der Waals surface area contributed by atoms with Crippen molar-refractivity contribution < 1.29 is 4.74 Å². The van der Waals surface area contributed by atoms with Crippen LogP contribution in [0, 0.1) is 0 Å². The van der Waals surface area contributed by atoms with Crippen LogP contribution in [0.1, 0.15) is 13.3 Å². The van der Waals surface area contributed by atoms with E-state index in [0.29, 0.717) is 6.04 Å². The Morgan fingerprint density at radius 2 is 2.45 bits per heavy atom. The maximum absolute atomic E-state index is 5.60. The van der Waals surface area contributed by atoms with Gasteiger partial charge in [0.25, 0.3) is 0 Å². The summed E-state index contributed by atoms with van der Waals surface area (Å²) in [4.78, 5) is 2.42. The molecule has 0 spiro atoms. The summed E-state index contributed by atoms with van der Waals surface area (Å²) in [7, 11) is 0. The smallest absolute Gasteiger partial charge is 0.0634 e.